The Labute approximate surface area is 186 Å². The number of nitrogens with zero attached hydrogens (tertiary/aromatic N) is 2. The highest BCUT2D eigenvalue weighted by atomic mass is 35.5. The second-order valence-corrected chi connectivity index (χ2v) is 8.93. The number of halogens is 4. The molecule has 0 aromatic heterocycles. The summed E-state index contributed by atoms with van der Waals surface area (Å²) in [6.45, 7) is 7.57. The maximum Gasteiger partial charge on any atom is 0.416 e. The van der Waals surface area contributed by atoms with Gasteiger partial charge in [0.1, 0.15) is 0 Å². The zero-order valence-electron chi connectivity index (χ0n) is 17.4. The molecule has 0 spiro atoms. The number of nitrogen functional groups attached to an aromatic ring is 1. The van der Waals surface area contributed by atoms with Gasteiger partial charge in [0.2, 0.25) is 0 Å². The number of piperidine rings is 1. The molecule has 0 amide bonds. The maximum atomic E-state index is 13.0. The van der Waals surface area contributed by atoms with Gasteiger partial charge >= 0.3 is 6.18 Å². The molecule has 0 aliphatic carbocycles. The van der Waals surface area contributed by atoms with Crippen molar-refractivity contribution in [3.05, 3.63) is 70.4 Å². The Bertz CT molecular complexity index is 965. The summed E-state index contributed by atoms with van der Waals surface area (Å²) in [5.41, 5.74) is 10.3. The molecule has 4 rings (SSSR count). The molecule has 3 nitrogen and oxygen atoms in total. The summed E-state index contributed by atoms with van der Waals surface area (Å²) in [4.78, 5) is 4.52. The summed E-state index contributed by atoms with van der Waals surface area (Å²) in [6, 6.07) is 9.53. The van der Waals surface area contributed by atoms with Crippen molar-refractivity contribution in [2.45, 2.75) is 37.8 Å². The first-order valence-corrected chi connectivity index (χ1v) is 11.0. The normalized spacial score (nSPS) is 18.1. The highest BCUT2D eigenvalue weighted by molar-refractivity contribution is 6.31. The molecule has 166 valence electrons. The third kappa shape index (κ3) is 4.85. The lowest BCUT2D eigenvalue weighted by atomic mass is 9.88. The van der Waals surface area contributed by atoms with Crippen LogP contribution < -0.4 is 10.6 Å². The van der Waals surface area contributed by atoms with E-state index >= 15 is 0 Å². The number of aryl methyl sites for hydroxylation is 1. The van der Waals surface area contributed by atoms with Crippen LogP contribution in [-0.2, 0) is 12.6 Å². The standard InChI is InChI=1S/C24H27ClF3N3/c1-16(31-9-3-5-19-13-21(25)14-22(29)23(19)31)15-30-10-7-17(8-11-30)18-4-2-6-20(12-18)24(26,27)28/h2,4,6,12-14,17H,1,3,5,7-11,15,29H2. The van der Waals surface area contributed by atoms with E-state index in [1.165, 1.54) is 12.1 Å². The van der Waals surface area contributed by atoms with Crippen molar-refractivity contribution >= 4 is 23.0 Å². The predicted octanol–water partition coefficient (Wildman–Crippen LogP) is 6.09. The van der Waals surface area contributed by atoms with Crippen molar-refractivity contribution < 1.29 is 13.2 Å². The van der Waals surface area contributed by atoms with Gasteiger partial charge in [0.05, 0.1) is 16.9 Å². The number of anilines is 2. The van der Waals surface area contributed by atoms with Crippen LogP contribution in [0.1, 0.15) is 41.9 Å². The van der Waals surface area contributed by atoms with Crippen molar-refractivity contribution in [1.82, 2.24) is 4.90 Å². The fraction of sp³-hybridized carbons (Fsp3) is 0.417. The van der Waals surface area contributed by atoms with Crippen LogP contribution in [0.25, 0.3) is 0 Å². The highest BCUT2D eigenvalue weighted by Gasteiger charge is 2.31. The van der Waals surface area contributed by atoms with Crippen LogP contribution >= 0.6 is 11.6 Å². The summed E-state index contributed by atoms with van der Waals surface area (Å²) < 4.78 is 39.1. The minimum Gasteiger partial charge on any atom is -0.397 e. The number of hydrogen-bond acceptors (Lipinski definition) is 3. The summed E-state index contributed by atoms with van der Waals surface area (Å²) >= 11 is 6.17. The van der Waals surface area contributed by atoms with Crippen molar-refractivity contribution in [2.75, 3.05) is 36.8 Å². The molecule has 2 aromatic carbocycles. The maximum absolute atomic E-state index is 13.0. The van der Waals surface area contributed by atoms with Crippen LogP contribution in [0.4, 0.5) is 24.5 Å². The van der Waals surface area contributed by atoms with E-state index in [1.807, 2.05) is 12.1 Å². The largest absolute Gasteiger partial charge is 0.416 e. The van der Waals surface area contributed by atoms with E-state index in [0.29, 0.717) is 10.7 Å². The SMILES string of the molecule is C=C(CN1CCC(c2cccc(C(F)(F)F)c2)CC1)N1CCCc2cc(Cl)cc(N)c21. The predicted molar refractivity (Wildman–Crippen MR) is 121 cm³/mol. The first-order valence-electron chi connectivity index (χ1n) is 10.6. The number of alkyl halides is 3. The van der Waals surface area contributed by atoms with Crippen LogP contribution in [0.15, 0.2) is 48.7 Å². The lowest BCUT2D eigenvalue weighted by molar-refractivity contribution is -0.137. The first kappa shape index (κ1) is 22.0. The fourth-order valence-electron chi connectivity index (χ4n) is 4.79. The first-order chi connectivity index (χ1) is 14.7. The summed E-state index contributed by atoms with van der Waals surface area (Å²) in [6.07, 6.45) is -0.660. The van der Waals surface area contributed by atoms with Gasteiger partial charge in [-0.25, -0.2) is 0 Å². The van der Waals surface area contributed by atoms with E-state index in [-0.39, 0.29) is 5.92 Å². The number of rotatable bonds is 4. The fourth-order valence-corrected chi connectivity index (χ4v) is 5.04. The van der Waals surface area contributed by atoms with E-state index in [9.17, 15) is 13.2 Å². The molecule has 0 atom stereocenters. The van der Waals surface area contributed by atoms with Crippen molar-refractivity contribution in [2.24, 2.45) is 0 Å². The molecule has 2 heterocycles. The quantitative estimate of drug-likeness (QED) is 0.573. The molecular formula is C24H27ClF3N3. The highest BCUT2D eigenvalue weighted by Crippen LogP contribution is 2.38. The lowest BCUT2D eigenvalue weighted by Gasteiger charge is -2.38. The summed E-state index contributed by atoms with van der Waals surface area (Å²) in [5, 5.41) is 0.653. The van der Waals surface area contributed by atoms with Gasteiger partial charge in [-0.2, -0.15) is 13.2 Å². The molecule has 7 heteroatoms. The van der Waals surface area contributed by atoms with Crippen LogP contribution in [0.5, 0.6) is 0 Å². The Balaban J connectivity index is 1.39. The van der Waals surface area contributed by atoms with Gasteiger partial charge < -0.3 is 10.6 Å². The Morgan fingerprint density at radius 1 is 1.13 bits per heavy atom. The molecule has 0 unspecified atom stereocenters. The Morgan fingerprint density at radius 3 is 2.58 bits per heavy atom. The van der Waals surface area contributed by atoms with Gasteiger partial charge in [-0.05, 0) is 74.0 Å². The van der Waals surface area contributed by atoms with Gasteiger partial charge in [-0.3, -0.25) is 4.90 Å². The van der Waals surface area contributed by atoms with E-state index < -0.39 is 11.7 Å². The number of likely N-dealkylation sites (tertiary alicyclic amines) is 1. The zero-order valence-corrected chi connectivity index (χ0v) is 18.1. The molecule has 0 bridgehead atoms. The number of benzene rings is 2. The molecule has 0 saturated carbocycles. The minimum atomic E-state index is -4.30. The molecule has 0 radical (unpaired) electrons. The van der Waals surface area contributed by atoms with Crippen LogP contribution in [0.2, 0.25) is 5.02 Å². The lowest BCUT2D eigenvalue weighted by Crippen LogP contribution is -2.39. The van der Waals surface area contributed by atoms with Gasteiger partial charge in [0.25, 0.3) is 0 Å². The zero-order chi connectivity index (χ0) is 22.2. The van der Waals surface area contributed by atoms with E-state index in [2.05, 4.69) is 16.4 Å². The average Bonchev–Trinajstić information content (AvgIpc) is 2.73. The molecule has 31 heavy (non-hydrogen) atoms. The van der Waals surface area contributed by atoms with Crippen molar-refractivity contribution in [1.29, 1.82) is 0 Å². The molecule has 2 N–H and O–H groups in total. The van der Waals surface area contributed by atoms with Gasteiger partial charge in [-0.1, -0.05) is 36.4 Å². The summed E-state index contributed by atoms with van der Waals surface area (Å²) in [7, 11) is 0. The summed E-state index contributed by atoms with van der Waals surface area (Å²) in [5.74, 6) is 0.153. The number of fused-ring (bicyclic) bond motifs is 1. The third-order valence-corrected chi connectivity index (χ3v) is 6.56. The molecular weight excluding hydrogens is 423 g/mol. The van der Waals surface area contributed by atoms with E-state index in [1.54, 1.807) is 6.07 Å². The van der Waals surface area contributed by atoms with E-state index in [4.69, 9.17) is 17.3 Å². The Hall–Kier alpha value is -2.18. The minimum absolute atomic E-state index is 0.153. The molecule has 2 aromatic rings. The number of hydrogen-bond donors (Lipinski definition) is 1. The number of nitrogens with two attached hydrogens (primary N) is 1. The van der Waals surface area contributed by atoms with Gasteiger partial charge in [0.15, 0.2) is 0 Å². The molecule has 2 aliphatic rings. The van der Waals surface area contributed by atoms with Crippen molar-refractivity contribution in [3.8, 4) is 0 Å². The smallest absolute Gasteiger partial charge is 0.397 e. The monoisotopic (exact) mass is 449 g/mol. The van der Waals surface area contributed by atoms with Gasteiger partial charge in [-0.15, -0.1) is 0 Å². The Morgan fingerprint density at radius 2 is 1.87 bits per heavy atom. The second kappa shape index (κ2) is 8.75. The molecule has 1 fully saturated rings. The van der Waals surface area contributed by atoms with Crippen LogP contribution in [0.3, 0.4) is 0 Å². The Kier molecular flexibility index (Phi) is 6.22. The molecule has 2 aliphatic heterocycles. The molecule has 1 saturated heterocycles. The average molecular weight is 450 g/mol. The van der Waals surface area contributed by atoms with Crippen molar-refractivity contribution in [3.63, 3.8) is 0 Å². The van der Waals surface area contributed by atoms with Gasteiger partial charge in [0, 0.05) is 23.8 Å². The van der Waals surface area contributed by atoms with E-state index in [0.717, 1.165) is 80.4 Å². The second-order valence-electron chi connectivity index (χ2n) is 8.50. The van der Waals surface area contributed by atoms with Crippen LogP contribution in [0, 0.1) is 0 Å². The van der Waals surface area contributed by atoms with Crippen LogP contribution in [-0.4, -0.2) is 31.1 Å². The topological polar surface area (TPSA) is 32.5 Å². The third-order valence-electron chi connectivity index (χ3n) is 6.34.